The van der Waals surface area contributed by atoms with Gasteiger partial charge in [0.25, 0.3) is 15.9 Å². The number of nitrogens with one attached hydrogen (secondary N) is 1. The molecule has 0 aliphatic carbocycles. The average molecular weight is 506 g/mol. The summed E-state index contributed by atoms with van der Waals surface area (Å²) in [5, 5.41) is 12.8. The monoisotopic (exact) mass is 505 g/mol. The SMILES string of the molecule is O=C(CN(c1cccc(Cl)c1Cl)S(=O)(=O)c1ccccc1)N/N=C/c1ccc(C(=O)O)cc1. The number of sulfonamides is 1. The topological polar surface area (TPSA) is 116 Å². The van der Waals surface area contributed by atoms with Gasteiger partial charge in [0.15, 0.2) is 0 Å². The van der Waals surface area contributed by atoms with Crippen LogP contribution in [0, 0.1) is 0 Å². The molecule has 2 N–H and O–H groups in total. The summed E-state index contributed by atoms with van der Waals surface area (Å²) in [7, 11) is -4.16. The summed E-state index contributed by atoms with van der Waals surface area (Å²) in [5.41, 5.74) is 2.94. The predicted molar refractivity (Wildman–Crippen MR) is 127 cm³/mol. The molecule has 0 aliphatic heterocycles. The molecule has 3 rings (SSSR count). The van der Waals surface area contributed by atoms with Crippen LogP contribution in [0.5, 0.6) is 0 Å². The number of carbonyl (C=O) groups is 2. The molecular formula is C22H17Cl2N3O5S. The molecule has 0 unspecified atom stereocenters. The van der Waals surface area contributed by atoms with Crippen LogP contribution in [-0.2, 0) is 14.8 Å². The van der Waals surface area contributed by atoms with Crippen molar-refractivity contribution in [3.8, 4) is 0 Å². The average Bonchev–Trinajstić information content (AvgIpc) is 2.80. The second-order valence-electron chi connectivity index (χ2n) is 6.62. The zero-order chi connectivity index (χ0) is 24.0. The lowest BCUT2D eigenvalue weighted by atomic mass is 10.1. The van der Waals surface area contributed by atoms with Gasteiger partial charge in [0, 0.05) is 0 Å². The van der Waals surface area contributed by atoms with Crippen LogP contribution in [0.3, 0.4) is 0 Å². The summed E-state index contributed by atoms with van der Waals surface area (Å²) in [5.74, 6) is -1.80. The Morgan fingerprint density at radius 3 is 2.27 bits per heavy atom. The zero-order valence-electron chi connectivity index (χ0n) is 16.9. The van der Waals surface area contributed by atoms with Crippen LogP contribution >= 0.6 is 23.2 Å². The second-order valence-corrected chi connectivity index (χ2v) is 9.27. The molecule has 33 heavy (non-hydrogen) atoms. The third kappa shape index (κ3) is 5.89. The largest absolute Gasteiger partial charge is 0.478 e. The number of benzene rings is 3. The van der Waals surface area contributed by atoms with Crippen molar-refractivity contribution in [2.75, 3.05) is 10.8 Å². The molecular weight excluding hydrogens is 489 g/mol. The van der Waals surface area contributed by atoms with E-state index >= 15 is 0 Å². The molecule has 11 heteroatoms. The Bertz CT molecular complexity index is 1300. The third-order valence-corrected chi connectivity index (χ3v) is 6.96. The van der Waals surface area contributed by atoms with Gasteiger partial charge in [-0.15, -0.1) is 0 Å². The molecule has 0 aliphatic rings. The molecule has 0 saturated carbocycles. The fourth-order valence-electron chi connectivity index (χ4n) is 2.76. The van der Waals surface area contributed by atoms with Crippen molar-refractivity contribution in [2.24, 2.45) is 5.10 Å². The predicted octanol–water partition coefficient (Wildman–Crippen LogP) is 4.04. The highest BCUT2D eigenvalue weighted by Gasteiger charge is 2.29. The van der Waals surface area contributed by atoms with Crippen LogP contribution in [-0.4, -0.2) is 38.2 Å². The molecule has 0 aromatic heterocycles. The van der Waals surface area contributed by atoms with Crippen molar-refractivity contribution in [2.45, 2.75) is 4.90 Å². The van der Waals surface area contributed by atoms with Gasteiger partial charge in [-0.1, -0.05) is 59.6 Å². The van der Waals surface area contributed by atoms with Crippen LogP contribution in [0.15, 0.2) is 82.8 Å². The Hall–Kier alpha value is -3.40. The summed E-state index contributed by atoms with van der Waals surface area (Å²) < 4.78 is 27.4. The Morgan fingerprint density at radius 2 is 1.64 bits per heavy atom. The van der Waals surface area contributed by atoms with Crippen molar-refractivity contribution in [3.63, 3.8) is 0 Å². The lowest BCUT2D eigenvalue weighted by molar-refractivity contribution is -0.119. The number of nitrogens with zero attached hydrogens (tertiary/aromatic N) is 2. The lowest BCUT2D eigenvalue weighted by Crippen LogP contribution is -2.39. The number of hydrogen-bond donors (Lipinski definition) is 2. The van der Waals surface area contributed by atoms with Crippen LogP contribution in [0.2, 0.25) is 10.0 Å². The number of hydrogen-bond acceptors (Lipinski definition) is 5. The van der Waals surface area contributed by atoms with E-state index in [1.54, 1.807) is 18.2 Å². The minimum atomic E-state index is -4.16. The van der Waals surface area contributed by atoms with Gasteiger partial charge in [-0.05, 0) is 42.0 Å². The van der Waals surface area contributed by atoms with Crippen molar-refractivity contribution in [3.05, 3.63) is 94.0 Å². The van der Waals surface area contributed by atoms with Crippen molar-refractivity contribution in [1.29, 1.82) is 0 Å². The number of amides is 1. The molecule has 3 aromatic carbocycles. The standard InChI is InChI=1S/C22H17Cl2N3O5S/c23-18-7-4-8-19(21(18)24)27(33(31,32)17-5-2-1-3-6-17)14-20(28)26-25-13-15-9-11-16(12-10-15)22(29)30/h1-13H,14H2,(H,26,28)(H,29,30)/b25-13+. The third-order valence-electron chi connectivity index (χ3n) is 4.38. The maximum atomic E-state index is 13.3. The van der Waals surface area contributed by atoms with Gasteiger partial charge in [-0.2, -0.15) is 5.10 Å². The van der Waals surface area contributed by atoms with E-state index in [2.05, 4.69) is 10.5 Å². The summed E-state index contributed by atoms with van der Waals surface area (Å²) in [6.07, 6.45) is 1.30. The van der Waals surface area contributed by atoms with Gasteiger partial charge in [0.2, 0.25) is 0 Å². The van der Waals surface area contributed by atoms with E-state index in [0.717, 1.165) is 4.31 Å². The van der Waals surface area contributed by atoms with Crippen LogP contribution in [0.25, 0.3) is 0 Å². The van der Waals surface area contributed by atoms with Crippen molar-refractivity contribution >= 4 is 57.0 Å². The number of aromatic carboxylic acids is 1. The molecule has 0 fully saturated rings. The van der Waals surface area contributed by atoms with E-state index in [1.807, 2.05) is 0 Å². The highest BCUT2D eigenvalue weighted by molar-refractivity contribution is 7.92. The smallest absolute Gasteiger partial charge is 0.335 e. The fourth-order valence-corrected chi connectivity index (χ4v) is 4.66. The highest BCUT2D eigenvalue weighted by Crippen LogP contribution is 2.35. The number of carboxylic acids is 1. The van der Waals surface area contributed by atoms with Crippen molar-refractivity contribution < 1.29 is 23.1 Å². The molecule has 0 heterocycles. The van der Waals surface area contributed by atoms with E-state index in [-0.39, 0.29) is 26.2 Å². The Morgan fingerprint density at radius 1 is 0.970 bits per heavy atom. The van der Waals surface area contributed by atoms with Gasteiger partial charge < -0.3 is 5.11 Å². The van der Waals surface area contributed by atoms with Crippen LogP contribution in [0.1, 0.15) is 15.9 Å². The molecule has 8 nitrogen and oxygen atoms in total. The lowest BCUT2D eigenvalue weighted by Gasteiger charge is -2.24. The van der Waals surface area contributed by atoms with E-state index in [1.165, 1.54) is 60.8 Å². The Balaban J connectivity index is 1.83. The highest BCUT2D eigenvalue weighted by atomic mass is 35.5. The number of hydrazone groups is 1. The molecule has 0 atom stereocenters. The molecule has 0 saturated heterocycles. The van der Waals surface area contributed by atoms with Gasteiger partial charge in [-0.25, -0.2) is 18.6 Å². The van der Waals surface area contributed by atoms with E-state index in [0.29, 0.717) is 5.56 Å². The fraction of sp³-hybridized carbons (Fsp3) is 0.0455. The normalized spacial score (nSPS) is 11.3. The number of anilines is 1. The minimum absolute atomic E-state index is 0.0199. The van der Waals surface area contributed by atoms with E-state index in [4.69, 9.17) is 28.3 Å². The Labute approximate surface area is 200 Å². The van der Waals surface area contributed by atoms with Gasteiger partial charge in [0.05, 0.1) is 32.4 Å². The molecule has 1 amide bonds. The summed E-state index contributed by atoms with van der Waals surface area (Å²) in [6.45, 7) is -0.618. The van der Waals surface area contributed by atoms with Crippen molar-refractivity contribution in [1.82, 2.24) is 5.43 Å². The van der Waals surface area contributed by atoms with Gasteiger partial charge in [-0.3, -0.25) is 9.10 Å². The number of carbonyl (C=O) groups excluding carboxylic acids is 1. The quantitative estimate of drug-likeness (QED) is 0.354. The number of rotatable bonds is 8. The molecule has 0 spiro atoms. The van der Waals surface area contributed by atoms with E-state index < -0.39 is 28.4 Å². The summed E-state index contributed by atoms with van der Waals surface area (Å²) >= 11 is 12.3. The first-order valence-corrected chi connectivity index (χ1v) is 11.6. The zero-order valence-corrected chi connectivity index (χ0v) is 19.2. The number of halogens is 2. The van der Waals surface area contributed by atoms with E-state index in [9.17, 15) is 18.0 Å². The van der Waals surface area contributed by atoms with Gasteiger partial charge >= 0.3 is 5.97 Å². The summed E-state index contributed by atoms with van der Waals surface area (Å²) in [6, 6.07) is 17.9. The Kier molecular flexibility index (Phi) is 7.70. The number of carboxylic acid groups (broad SMARTS) is 1. The van der Waals surface area contributed by atoms with Crippen LogP contribution < -0.4 is 9.73 Å². The first-order valence-electron chi connectivity index (χ1n) is 9.37. The molecule has 170 valence electrons. The molecule has 0 radical (unpaired) electrons. The first kappa shape index (κ1) is 24.2. The molecule has 0 bridgehead atoms. The minimum Gasteiger partial charge on any atom is -0.478 e. The maximum absolute atomic E-state index is 13.3. The maximum Gasteiger partial charge on any atom is 0.335 e. The summed E-state index contributed by atoms with van der Waals surface area (Å²) in [4.78, 5) is 23.4. The molecule has 3 aromatic rings. The van der Waals surface area contributed by atoms with Crippen LogP contribution in [0.4, 0.5) is 5.69 Å². The second kappa shape index (κ2) is 10.5. The first-order chi connectivity index (χ1) is 15.7. The van der Waals surface area contributed by atoms with Gasteiger partial charge in [0.1, 0.15) is 6.54 Å².